The van der Waals surface area contributed by atoms with Crippen LogP contribution in [0.3, 0.4) is 0 Å². The van der Waals surface area contributed by atoms with Crippen molar-refractivity contribution in [3.05, 3.63) is 10.4 Å². The van der Waals surface area contributed by atoms with Crippen LogP contribution in [0.15, 0.2) is 0 Å². The van der Waals surface area contributed by atoms with Gasteiger partial charge in [0.05, 0.1) is 10.7 Å². The lowest BCUT2D eigenvalue weighted by Gasteiger charge is -2.24. The maximum atomic E-state index is 9.26. The van der Waals surface area contributed by atoms with Crippen LogP contribution in [0.4, 0.5) is 10.7 Å². The standard InChI is InChI=1S/C16H23N3S/c1-16(2)6-3-8-19(9-7-16)15-13(11-4-5-11)14(18)12(10-17)20-15/h11H,3-9,18H2,1-2H3. The first-order chi connectivity index (χ1) is 9.52. The molecular formula is C16H23N3S. The topological polar surface area (TPSA) is 53.0 Å². The molecule has 1 aliphatic carbocycles. The molecule has 1 aromatic rings. The van der Waals surface area contributed by atoms with E-state index in [0.29, 0.717) is 16.2 Å². The Bertz CT molecular complexity index is 549. The van der Waals surface area contributed by atoms with Gasteiger partial charge in [-0.25, -0.2) is 0 Å². The highest BCUT2D eigenvalue weighted by Gasteiger charge is 2.34. The Kier molecular flexibility index (Phi) is 3.41. The van der Waals surface area contributed by atoms with Gasteiger partial charge in [0.2, 0.25) is 0 Å². The zero-order valence-electron chi connectivity index (χ0n) is 12.4. The van der Waals surface area contributed by atoms with Crippen LogP contribution in [0, 0.1) is 16.7 Å². The van der Waals surface area contributed by atoms with Gasteiger partial charge < -0.3 is 10.6 Å². The lowest BCUT2D eigenvalue weighted by molar-refractivity contribution is 0.325. The van der Waals surface area contributed by atoms with E-state index in [1.807, 2.05) is 0 Å². The third kappa shape index (κ3) is 2.52. The molecular weight excluding hydrogens is 266 g/mol. The summed E-state index contributed by atoms with van der Waals surface area (Å²) in [5, 5.41) is 10.5. The normalized spacial score (nSPS) is 22.4. The average Bonchev–Trinajstić information content (AvgIpc) is 3.19. The van der Waals surface area contributed by atoms with E-state index in [9.17, 15) is 5.26 Å². The van der Waals surface area contributed by atoms with Crippen LogP contribution in [0.1, 0.15) is 62.3 Å². The molecule has 1 aliphatic heterocycles. The van der Waals surface area contributed by atoms with Crippen molar-refractivity contribution in [3.63, 3.8) is 0 Å². The highest BCUT2D eigenvalue weighted by atomic mass is 32.1. The van der Waals surface area contributed by atoms with Gasteiger partial charge in [-0.05, 0) is 43.4 Å². The van der Waals surface area contributed by atoms with Gasteiger partial charge in [-0.1, -0.05) is 13.8 Å². The summed E-state index contributed by atoms with van der Waals surface area (Å²) < 4.78 is 0. The molecule has 1 saturated heterocycles. The number of anilines is 2. The van der Waals surface area contributed by atoms with Gasteiger partial charge in [-0.3, -0.25) is 0 Å². The Morgan fingerprint density at radius 3 is 2.70 bits per heavy atom. The first-order valence-electron chi connectivity index (χ1n) is 7.59. The van der Waals surface area contributed by atoms with E-state index in [0.717, 1.165) is 18.8 Å². The van der Waals surface area contributed by atoms with E-state index in [2.05, 4.69) is 24.8 Å². The number of nitrogen functional groups attached to an aromatic ring is 1. The van der Waals surface area contributed by atoms with Crippen molar-refractivity contribution in [1.82, 2.24) is 0 Å². The van der Waals surface area contributed by atoms with E-state index >= 15 is 0 Å². The fourth-order valence-corrected chi connectivity index (χ4v) is 4.31. The van der Waals surface area contributed by atoms with Crippen molar-refractivity contribution in [2.45, 2.75) is 51.9 Å². The van der Waals surface area contributed by atoms with Gasteiger partial charge in [0.1, 0.15) is 10.9 Å². The van der Waals surface area contributed by atoms with Crippen LogP contribution in [-0.2, 0) is 0 Å². The van der Waals surface area contributed by atoms with Crippen LogP contribution in [0.25, 0.3) is 0 Å². The molecule has 4 heteroatoms. The maximum absolute atomic E-state index is 9.26. The molecule has 2 N–H and O–H groups in total. The summed E-state index contributed by atoms with van der Waals surface area (Å²) in [5.41, 5.74) is 8.70. The predicted octanol–water partition coefficient (Wildman–Crippen LogP) is 4.10. The summed E-state index contributed by atoms with van der Waals surface area (Å²) in [6.45, 7) is 6.93. The van der Waals surface area contributed by atoms with Gasteiger partial charge in [-0.15, -0.1) is 11.3 Å². The second-order valence-electron chi connectivity index (χ2n) is 6.95. The van der Waals surface area contributed by atoms with Crippen LogP contribution >= 0.6 is 11.3 Å². The van der Waals surface area contributed by atoms with E-state index in [1.54, 1.807) is 11.3 Å². The molecule has 108 valence electrons. The molecule has 2 heterocycles. The van der Waals surface area contributed by atoms with Gasteiger partial charge in [0.25, 0.3) is 0 Å². The largest absolute Gasteiger partial charge is 0.397 e. The van der Waals surface area contributed by atoms with E-state index < -0.39 is 0 Å². The van der Waals surface area contributed by atoms with Crippen molar-refractivity contribution in [2.24, 2.45) is 5.41 Å². The van der Waals surface area contributed by atoms with Gasteiger partial charge in [0, 0.05) is 18.7 Å². The molecule has 2 aliphatic rings. The lowest BCUT2D eigenvalue weighted by Crippen LogP contribution is -2.25. The number of nitrogens with two attached hydrogens (primary N) is 1. The summed E-state index contributed by atoms with van der Waals surface area (Å²) in [4.78, 5) is 3.20. The van der Waals surface area contributed by atoms with Crippen molar-refractivity contribution in [3.8, 4) is 6.07 Å². The van der Waals surface area contributed by atoms with Gasteiger partial charge in [0.15, 0.2) is 0 Å². The fraction of sp³-hybridized carbons (Fsp3) is 0.688. The lowest BCUT2D eigenvalue weighted by atomic mass is 9.85. The summed E-state index contributed by atoms with van der Waals surface area (Å²) in [6.07, 6.45) is 6.21. The smallest absolute Gasteiger partial charge is 0.130 e. The number of rotatable bonds is 2. The molecule has 0 aromatic carbocycles. The Morgan fingerprint density at radius 2 is 2.05 bits per heavy atom. The quantitative estimate of drug-likeness (QED) is 0.892. The molecule has 0 radical (unpaired) electrons. The predicted molar refractivity (Wildman–Crippen MR) is 85.3 cm³/mol. The second kappa shape index (κ2) is 4.96. The number of hydrogen-bond donors (Lipinski definition) is 1. The highest BCUT2D eigenvalue weighted by molar-refractivity contribution is 7.17. The van der Waals surface area contributed by atoms with E-state index in [4.69, 9.17) is 5.73 Å². The van der Waals surface area contributed by atoms with E-state index in [1.165, 1.54) is 42.7 Å². The average molecular weight is 289 g/mol. The van der Waals surface area contributed by atoms with Gasteiger partial charge >= 0.3 is 0 Å². The summed E-state index contributed by atoms with van der Waals surface area (Å²) >= 11 is 1.61. The van der Waals surface area contributed by atoms with Gasteiger partial charge in [-0.2, -0.15) is 5.26 Å². The van der Waals surface area contributed by atoms with Crippen LogP contribution < -0.4 is 10.6 Å². The molecule has 0 bridgehead atoms. The first-order valence-corrected chi connectivity index (χ1v) is 8.41. The minimum atomic E-state index is 0.440. The minimum Gasteiger partial charge on any atom is -0.397 e. The molecule has 0 unspecified atom stereocenters. The van der Waals surface area contributed by atoms with Crippen molar-refractivity contribution < 1.29 is 0 Å². The molecule has 3 nitrogen and oxygen atoms in total. The second-order valence-corrected chi connectivity index (χ2v) is 7.95. The molecule has 2 fully saturated rings. The molecule has 0 amide bonds. The molecule has 20 heavy (non-hydrogen) atoms. The van der Waals surface area contributed by atoms with Crippen LogP contribution in [-0.4, -0.2) is 13.1 Å². The monoisotopic (exact) mass is 289 g/mol. The first kappa shape index (κ1) is 13.8. The number of hydrogen-bond acceptors (Lipinski definition) is 4. The Morgan fingerprint density at radius 1 is 1.30 bits per heavy atom. The maximum Gasteiger partial charge on any atom is 0.130 e. The summed E-state index contributed by atoms with van der Waals surface area (Å²) in [6, 6.07) is 2.28. The zero-order chi connectivity index (χ0) is 14.3. The number of nitrogens with zero attached hydrogens (tertiary/aromatic N) is 2. The number of nitriles is 1. The van der Waals surface area contributed by atoms with Crippen molar-refractivity contribution >= 4 is 22.0 Å². The summed E-state index contributed by atoms with van der Waals surface area (Å²) in [7, 11) is 0. The molecule has 1 aromatic heterocycles. The zero-order valence-corrected chi connectivity index (χ0v) is 13.2. The third-order valence-electron chi connectivity index (χ3n) is 4.68. The Labute approximate surface area is 125 Å². The summed E-state index contributed by atoms with van der Waals surface area (Å²) in [5.74, 6) is 0.611. The molecule has 0 spiro atoms. The SMILES string of the molecule is CC1(C)CCCN(c2sc(C#N)c(N)c2C2CC2)CC1. The Hall–Kier alpha value is -1.21. The Balaban J connectivity index is 1.91. The molecule has 3 rings (SSSR count). The van der Waals surface area contributed by atoms with Crippen LogP contribution in [0.2, 0.25) is 0 Å². The molecule has 0 atom stereocenters. The fourth-order valence-electron chi connectivity index (χ4n) is 3.15. The van der Waals surface area contributed by atoms with Crippen molar-refractivity contribution in [1.29, 1.82) is 5.26 Å². The minimum absolute atomic E-state index is 0.440. The van der Waals surface area contributed by atoms with Crippen LogP contribution in [0.5, 0.6) is 0 Å². The third-order valence-corrected chi connectivity index (χ3v) is 5.87. The van der Waals surface area contributed by atoms with Crippen molar-refractivity contribution in [2.75, 3.05) is 23.7 Å². The number of thiophene rings is 1. The highest BCUT2D eigenvalue weighted by Crippen LogP contribution is 2.52. The van der Waals surface area contributed by atoms with E-state index in [-0.39, 0.29) is 0 Å². The molecule has 1 saturated carbocycles.